The van der Waals surface area contributed by atoms with Crippen LogP contribution in [0.5, 0.6) is 0 Å². The molecule has 2 aromatic rings. The van der Waals surface area contributed by atoms with Crippen LogP contribution in [-0.2, 0) is 9.53 Å². The molecule has 0 bridgehead atoms. The number of para-hydroxylation sites is 1. The van der Waals surface area contributed by atoms with Crippen molar-refractivity contribution in [3.8, 4) is 0 Å². The number of hydrogen-bond acceptors (Lipinski definition) is 5. The fourth-order valence-electron chi connectivity index (χ4n) is 4.10. The molecule has 0 N–H and O–H groups in total. The van der Waals surface area contributed by atoms with E-state index < -0.39 is 5.60 Å². The number of amides is 2. The van der Waals surface area contributed by atoms with Crippen molar-refractivity contribution >= 4 is 28.8 Å². The Kier molecular flexibility index (Phi) is 5.21. The van der Waals surface area contributed by atoms with E-state index in [0.717, 1.165) is 40.5 Å². The van der Waals surface area contributed by atoms with Gasteiger partial charge in [0.25, 0.3) is 11.8 Å². The highest BCUT2D eigenvalue weighted by atomic mass is 32.1. The van der Waals surface area contributed by atoms with Crippen LogP contribution in [0.15, 0.2) is 30.3 Å². The van der Waals surface area contributed by atoms with Crippen molar-refractivity contribution in [3.63, 3.8) is 0 Å². The van der Waals surface area contributed by atoms with E-state index in [9.17, 15) is 9.59 Å². The van der Waals surface area contributed by atoms with Crippen LogP contribution in [0.4, 0.5) is 5.69 Å². The second-order valence-electron chi connectivity index (χ2n) is 7.58. The molecule has 6 nitrogen and oxygen atoms in total. The summed E-state index contributed by atoms with van der Waals surface area (Å²) in [5.74, 6) is 0.0525. The number of carbonyl (C=O) groups is 2. The van der Waals surface area contributed by atoms with Gasteiger partial charge in [0.05, 0.1) is 22.8 Å². The molecule has 4 rings (SSSR count). The van der Waals surface area contributed by atoms with Crippen molar-refractivity contribution in [1.82, 2.24) is 9.88 Å². The lowest BCUT2D eigenvalue weighted by molar-refractivity contribution is -0.140. The van der Waals surface area contributed by atoms with Crippen LogP contribution in [0.25, 0.3) is 0 Å². The number of aryl methyl sites for hydroxylation is 2. The van der Waals surface area contributed by atoms with E-state index in [0.29, 0.717) is 19.6 Å². The smallest absolute Gasteiger partial charge is 0.265 e. The van der Waals surface area contributed by atoms with Gasteiger partial charge < -0.3 is 14.5 Å². The molecule has 1 spiro atoms. The van der Waals surface area contributed by atoms with E-state index in [1.807, 2.05) is 54.0 Å². The fraction of sp³-hybridized carbons (Fsp3) is 0.476. The minimum absolute atomic E-state index is 0.00948. The van der Waals surface area contributed by atoms with Crippen molar-refractivity contribution in [3.05, 3.63) is 45.9 Å². The molecule has 2 saturated heterocycles. The molecule has 2 aliphatic rings. The van der Waals surface area contributed by atoms with Crippen LogP contribution in [0.1, 0.15) is 39.6 Å². The molecular formula is C21H25N3O3S. The second kappa shape index (κ2) is 7.64. The van der Waals surface area contributed by atoms with Crippen LogP contribution in [0, 0.1) is 13.8 Å². The topological polar surface area (TPSA) is 62.7 Å². The van der Waals surface area contributed by atoms with Crippen molar-refractivity contribution in [2.75, 3.05) is 31.1 Å². The molecule has 1 unspecified atom stereocenters. The lowest BCUT2D eigenvalue weighted by atomic mass is 9.92. The third-order valence-electron chi connectivity index (χ3n) is 5.60. The first kappa shape index (κ1) is 19.1. The van der Waals surface area contributed by atoms with Crippen LogP contribution >= 0.6 is 11.3 Å². The maximum Gasteiger partial charge on any atom is 0.265 e. The van der Waals surface area contributed by atoms with E-state index in [2.05, 4.69) is 4.98 Å². The number of rotatable bonds is 2. The lowest BCUT2D eigenvalue weighted by Crippen LogP contribution is -2.55. The van der Waals surface area contributed by atoms with Gasteiger partial charge in [-0.05, 0) is 45.2 Å². The van der Waals surface area contributed by atoms with Gasteiger partial charge >= 0.3 is 0 Å². The van der Waals surface area contributed by atoms with E-state index in [1.165, 1.54) is 11.3 Å². The Bertz CT molecular complexity index is 882. The first-order valence-electron chi connectivity index (χ1n) is 9.70. The number of thiazole rings is 1. The maximum absolute atomic E-state index is 13.0. The highest BCUT2D eigenvalue weighted by molar-refractivity contribution is 7.13. The second-order valence-corrected chi connectivity index (χ2v) is 8.78. The van der Waals surface area contributed by atoms with Crippen LogP contribution in [-0.4, -0.2) is 53.5 Å². The SMILES string of the molecule is Cc1nc(C)c(C(=O)N2CCCC3(CC2)CN(c2ccccc2)C(=O)CO3)s1. The van der Waals surface area contributed by atoms with Gasteiger partial charge in [-0.3, -0.25) is 9.59 Å². The summed E-state index contributed by atoms with van der Waals surface area (Å²) in [4.78, 5) is 34.3. The van der Waals surface area contributed by atoms with Crippen molar-refractivity contribution in [2.24, 2.45) is 0 Å². The summed E-state index contributed by atoms with van der Waals surface area (Å²) in [7, 11) is 0. The van der Waals surface area contributed by atoms with Gasteiger partial charge in [0, 0.05) is 18.8 Å². The molecule has 2 amide bonds. The molecule has 7 heteroatoms. The number of benzene rings is 1. The quantitative estimate of drug-likeness (QED) is 0.778. The maximum atomic E-state index is 13.0. The number of hydrogen-bond donors (Lipinski definition) is 0. The lowest BCUT2D eigenvalue weighted by Gasteiger charge is -2.42. The third kappa shape index (κ3) is 3.69. The normalized spacial score (nSPS) is 23.1. The van der Waals surface area contributed by atoms with Gasteiger partial charge in [-0.25, -0.2) is 4.98 Å². The van der Waals surface area contributed by atoms with Crippen molar-refractivity contribution in [1.29, 1.82) is 0 Å². The summed E-state index contributed by atoms with van der Waals surface area (Å²) in [6, 6.07) is 9.74. The molecular weight excluding hydrogens is 374 g/mol. The molecule has 0 aliphatic carbocycles. The van der Waals surface area contributed by atoms with Crippen molar-refractivity contribution < 1.29 is 14.3 Å². The number of carbonyl (C=O) groups excluding carboxylic acids is 2. The number of nitrogens with zero attached hydrogens (tertiary/aromatic N) is 3. The van der Waals surface area contributed by atoms with Crippen molar-refractivity contribution in [2.45, 2.75) is 38.7 Å². The summed E-state index contributed by atoms with van der Waals surface area (Å²) in [6.07, 6.45) is 2.43. The number of aromatic nitrogens is 1. The van der Waals surface area contributed by atoms with E-state index in [-0.39, 0.29) is 18.4 Å². The first-order valence-corrected chi connectivity index (χ1v) is 10.5. The Labute approximate surface area is 169 Å². The standard InChI is InChI=1S/C21H25N3O3S/c1-15-19(28-16(2)22-15)20(26)23-11-6-9-21(10-12-23)14-24(18(25)13-27-21)17-7-4-3-5-8-17/h3-5,7-8H,6,9-14H2,1-2H3. The molecule has 28 heavy (non-hydrogen) atoms. The molecule has 1 aromatic heterocycles. The Hall–Kier alpha value is -2.25. The Morgan fingerprint density at radius 3 is 2.68 bits per heavy atom. The molecule has 0 saturated carbocycles. The predicted octanol–water partition coefficient (Wildman–Crippen LogP) is 3.19. The number of morpholine rings is 1. The zero-order chi connectivity index (χ0) is 19.7. The van der Waals surface area contributed by atoms with E-state index in [4.69, 9.17) is 4.74 Å². The molecule has 2 fully saturated rings. The Morgan fingerprint density at radius 2 is 1.96 bits per heavy atom. The molecule has 2 aliphatic heterocycles. The third-order valence-corrected chi connectivity index (χ3v) is 6.66. The monoisotopic (exact) mass is 399 g/mol. The van der Waals surface area contributed by atoms with Crippen LogP contribution in [0.3, 0.4) is 0 Å². The number of likely N-dealkylation sites (tertiary alicyclic amines) is 1. The Balaban J connectivity index is 1.49. The van der Waals surface area contributed by atoms with Gasteiger partial charge in [0.15, 0.2) is 0 Å². The molecule has 148 valence electrons. The summed E-state index contributed by atoms with van der Waals surface area (Å²) >= 11 is 1.46. The largest absolute Gasteiger partial charge is 0.363 e. The number of anilines is 1. The minimum Gasteiger partial charge on any atom is -0.363 e. The van der Waals surface area contributed by atoms with Gasteiger partial charge in [-0.1, -0.05) is 18.2 Å². The summed E-state index contributed by atoms with van der Waals surface area (Å²) < 4.78 is 6.07. The van der Waals surface area contributed by atoms with E-state index >= 15 is 0 Å². The average molecular weight is 400 g/mol. The summed E-state index contributed by atoms with van der Waals surface area (Å²) in [6.45, 7) is 5.79. The minimum atomic E-state index is -0.391. The molecule has 1 aromatic carbocycles. The predicted molar refractivity (Wildman–Crippen MR) is 109 cm³/mol. The number of ether oxygens (including phenoxy) is 1. The summed E-state index contributed by atoms with van der Waals surface area (Å²) in [5.41, 5.74) is 1.32. The fourth-order valence-corrected chi connectivity index (χ4v) is 4.99. The summed E-state index contributed by atoms with van der Waals surface area (Å²) in [5, 5.41) is 0.916. The van der Waals surface area contributed by atoms with Crippen LogP contribution in [0.2, 0.25) is 0 Å². The average Bonchev–Trinajstić information content (AvgIpc) is 2.91. The highest BCUT2D eigenvalue weighted by Gasteiger charge is 2.42. The molecule has 3 heterocycles. The van der Waals surface area contributed by atoms with Crippen LogP contribution < -0.4 is 4.90 Å². The highest BCUT2D eigenvalue weighted by Crippen LogP contribution is 2.33. The molecule has 0 radical (unpaired) electrons. The first-order chi connectivity index (χ1) is 13.5. The zero-order valence-corrected chi connectivity index (χ0v) is 17.1. The van der Waals surface area contributed by atoms with Gasteiger partial charge in [0.2, 0.25) is 0 Å². The van der Waals surface area contributed by atoms with Gasteiger partial charge in [0.1, 0.15) is 11.5 Å². The van der Waals surface area contributed by atoms with Gasteiger partial charge in [-0.2, -0.15) is 0 Å². The molecule has 1 atom stereocenters. The van der Waals surface area contributed by atoms with Gasteiger partial charge in [-0.15, -0.1) is 11.3 Å². The van der Waals surface area contributed by atoms with E-state index in [1.54, 1.807) is 0 Å². The Morgan fingerprint density at radius 1 is 1.18 bits per heavy atom. The zero-order valence-electron chi connectivity index (χ0n) is 16.3.